The van der Waals surface area contributed by atoms with Gasteiger partial charge in [0.1, 0.15) is 0 Å². The second-order valence-electron chi connectivity index (χ2n) is 1.20. The summed E-state index contributed by atoms with van der Waals surface area (Å²) in [4.78, 5) is 9.76. The van der Waals surface area contributed by atoms with Crippen molar-refractivity contribution in [1.29, 1.82) is 0 Å². The first-order chi connectivity index (χ1) is 3.13. The van der Waals surface area contributed by atoms with Gasteiger partial charge in [0, 0.05) is 3.92 Å². The molecule has 0 bridgehead atoms. The summed E-state index contributed by atoms with van der Waals surface area (Å²) < 4.78 is -0.00454. The van der Waals surface area contributed by atoms with Gasteiger partial charge in [-0.05, 0) is 6.92 Å². The van der Waals surface area contributed by atoms with Crippen LogP contribution in [-0.2, 0) is 4.79 Å². The molecule has 41 valence electrons. The lowest BCUT2D eigenvalue weighted by atomic mass is 10.3. The van der Waals surface area contributed by atoms with Crippen molar-refractivity contribution in [3.8, 4) is 0 Å². The molecule has 0 aliphatic rings. The second kappa shape index (κ2) is 3.23. The minimum Gasteiger partial charge on any atom is -0.481 e. The highest BCUT2D eigenvalue weighted by atomic mass is 127. The molecule has 0 spiro atoms. The Morgan fingerprint density at radius 2 is 2.43 bits per heavy atom. The fourth-order valence-corrected chi connectivity index (χ4v) is 0.566. The van der Waals surface area contributed by atoms with Crippen LogP contribution in [0.5, 0.6) is 0 Å². The standard InChI is InChI=1S/C4H6IO2/c1-3(5)2-4(6)7/h3H,1-2H2,(H,6,7). The third kappa shape index (κ3) is 6.20. The maximum absolute atomic E-state index is 9.76. The number of hydrogen-bond donors (Lipinski definition) is 1. The van der Waals surface area contributed by atoms with Crippen molar-refractivity contribution in [1.82, 2.24) is 0 Å². The lowest BCUT2D eigenvalue weighted by Gasteiger charge is -1.92. The maximum Gasteiger partial charge on any atom is 0.304 e. The maximum atomic E-state index is 9.76. The molecule has 3 heteroatoms. The normalized spacial score (nSPS) is 13.4. The monoisotopic (exact) mass is 213 g/mol. The Hall–Kier alpha value is 0.200. The van der Waals surface area contributed by atoms with Crippen LogP contribution >= 0.6 is 22.6 Å². The second-order valence-corrected chi connectivity index (χ2v) is 2.96. The molecule has 1 atom stereocenters. The summed E-state index contributed by atoms with van der Waals surface area (Å²) >= 11 is 1.97. The lowest BCUT2D eigenvalue weighted by molar-refractivity contribution is -0.136. The van der Waals surface area contributed by atoms with Crippen molar-refractivity contribution < 1.29 is 9.90 Å². The van der Waals surface area contributed by atoms with Crippen LogP contribution in [0.4, 0.5) is 0 Å². The Morgan fingerprint density at radius 3 is 2.43 bits per heavy atom. The first-order valence-corrected chi connectivity index (χ1v) is 3.06. The predicted molar refractivity (Wildman–Crippen MR) is 35.4 cm³/mol. The van der Waals surface area contributed by atoms with Crippen molar-refractivity contribution >= 4 is 28.6 Å². The van der Waals surface area contributed by atoms with E-state index in [9.17, 15) is 4.79 Å². The highest BCUT2D eigenvalue weighted by molar-refractivity contribution is 14.1. The molecule has 0 aliphatic carbocycles. The van der Waals surface area contributed by atoms with E-state index in [-0.39, 0.29) is 10.3 Å². The molecule has 0 saturated carbocycles. The van der Waals surface area contributed by atoms with Gasteiger partial charge in [-0.3, -0.25) is 4.79 Å². The highest BCUT2D eigenvalue weighted by Gasteiger charge is 2.00. The van der Waals surface area contributed by atoms with Crippen molar-refractivity contribution in [3.05, 3.63) is 6.92 Å². The Kier molecular flexibility index (Phi) is 3.33. The van der Waals surface area contributed by atoms with E-state index in [1.54, 1.807) is 0 Å². The summed E-state index contributed by atoms with van der Waals surface area (Å²) in [7, 11) is 0. The van der Waals surface area contributed by atoms with E-state index in [1.807, 2.05) is 22.6 Å². The third-order valence-corrected chi connectivity index (χ3v) is 0.837. The van der Waals surface area contributed by atoms with E-state index in [0.717, 1.165) is 0 Å². The summed E-state index contributed by atoms with van der Waals surface area (Å²) in [6.07, 6.45) is 0.153. The van der Waals surface area contributed by atoms with E-state index in [4.69, 9.17) is 5.11 Å². The molecular formula is C4H6IO2. The van der Waals surface area contributed by atoms with Crippen LogP contribution in [0, 0.1) is 6.92 Å². The van der Waals surface area contributed by atoms with Gasteiger partial charge in [-0.1, -0.05) is 22.6 Å². The van der Waals surface area contributed by atoms with E-state index in [2.05, 4.69) is 6.92 Å². The van der Waals surface area contributed by atoms with Gasteiger partial charge in [-0.15, -0.1) is 0 Å². The number of halogens is 1. The Bertz CT molecular complexity index is 70.1. The lowest BCUT2D eigenvalue weighted by Crippen LogP contribution is -2.01. The number of aliphatic carboxylic acids is 1. The van der Waals surface area contributed by atoms with E-state index in [0.29, 0.717) is 0 Å². The average Bonchev–Trinajstić information content (AvgIpc) is 1.27. The Labute approximate surface area is 56.1 Å². The van der Waals surface area contributed by atoms with Crippen LogP contribution in [0.15, 0.2) is 0 Å². The summed E-state index contributed by atoms with van der Waals surface area (Å²) in [5.41, 5.74) is 0. The minimum atomic E-state index is -0.783. The van der Waals surface area contributed by atoms with Gasteiger partial charge in [-0.2, -0.15) is 0 Å². The van der Waals surface area contributed by atoms with E-state index in [1.165, 1.54) is 0 Å². The van der Waals surface area contributed by atoms with Gasteiger partial charge in [0.2, 0.25) is 0 Å². The quantitative estimate of drug-likeness (QED) is 0.550. The molecule has 7 heavy (non-hydrogen) atoms. The molecule has 0 aromatic rings. The van der Waals surface area contributed by atoms with E-state index < -0.39 is 5.97 Å². The van der Waals surface area contributed by atoms with Crippen molar-refractivity contribution in [3.63, 3.8) is 0 Å². The van der Waals surface area contributed by atoms with Crippen molar-refractivity contribution in [2.45, 2.75) is 10.3 Å². The van der Waals surface area contributed by atoms with Crippen LogP contribution in [-0.4, -0.2) is 15.0 Å². The SMILES string of the molecule is [CH2]C(I)CC(=O)O. The molecule has 0 rings (SSSR count). The van der Waals surface area contributed by atoms with Gasteiger partial charge >= 0.3 is 5.97 Å². The number of hydrogen-bond acceptors (Lipinski definition) is 1. The molecule has 0 aromatic heterocycles. The molecule has 2 nitrogen and oxygen atoms in total. The zero-order valence-corrected chi connectivity index (χ0v) is 5.88. The van der Waals surface area contributed by atoms with Gasteiger partial charge in [0.15, 0.2) is 0 Å². The van der Waals surface area contributed by atoms with Crippen LogP contribution in [0.3, 0.4) is 0 Å². The van der Waals surface area contributed by atoms with Crippen LogP contribution in [0.1, 0.15) is 6.42 Å². The largest absolute Gasteiger partial charge is 0.481 e. The molecule has 0 heterocycles. The molecule has 1 unspecified atom stereocenters. The van der Waals surface area contributed by atoms with Gasteiger partial charge in [-0.25, -0.2) is 0 Å². The highest BCUT2D eigenvalue weighted by Crippen LogP contribution is 2.01. The fraction of sp³-hybridized carbons (Fsp3) is 0.500. The zero-order valence-electron chi connectivity index (χ0n) is 3.72. The smallest absolute Gasteiger partial charge is 0.304 e. The molecule has 0 aliphatic heterocycles. The van der Waals surface area contributed by atoms with Gasteiger partial charge in [0.25, 0.3) is 0 Å². The van der Waals surface area contributed by atoms with Gasteiger partial charge < -0.3 is 5.11 Å². The molecule has 1 radical (unpaired) electrons. The Balaban J connectivity index is 3.13. The molecule has 0 saturated heterocycles. The number of carboxylic acids is 1. The number of rotatable bonds is 2. The first-order valence-electron chi connectivity index (χ1n) is 1.82. The molecule has 0 fully saturated rings. The van der Waals surface area contributed by atoms with Crippen LogP contribution in [0.2, 0.25) is 0 Å². The van der Waals surface area contributed by atoms with Crippen LogP contribution < -0.4 is 0 Å². The average molecular weight is 213 g/mol. The molecule has 0 aromatic carbocycles. The third-order valence-electron chi connectivity index (χ3n) is 0.396. The summed E-state index contributed by atoms with van der Waals surface area (Å²) in [5.74, 6) is -0.783. The summed E-state index contributed by atoms with van der Waals surface area (Å²) in [6.45, 7) is 3.48. The van der Waals surface area contributed by atoms with Gasteiger partial charge in [0.05, 0.1) is 6.42 Å². The van der Waals surface area contributed by atoms with Crippen LogP contribution in [0.25, 0.3) is 0 Å². The summed E-state index contributed by atoms with van der Waals surface area (Å²) in [6, 6.07) is 0. The summed E-state index contributed by atoms with van der Waals surface area (Å²) in [5, 5.41) is 8.04. The number of carboxylic acid groups (broad SMARTS) is 1. The fourth-order valence-electron chi connectivity index (χ4n) is 0.189. The number of alkyl halides is 1. The number of carbonyl (C=O) groups is 1. The molecular weight excluding hydrogens is 207 g/mol. The topological polar surface area (TPSA) is 37.3 Å². The van der Waals surface area contributed by atoms with E-state index >= 15 is 0 Å². The predicted octanol–water partition coefficient (Wildman–Crippen LogP) is 1.10. The Morgan fingerprint density at radius 1 is 2.00 bits per heavy atom. The first kappa shape index (κ1) is 7.20. The minimum absolute atomic E-state index is 0.00454. The zero-order chi connectivity index (χ0) is 5.86. The molecule has 1 N–H and O–H groups in total. The molecule has 0 amide bonds. The van der Waals surface area contributed by atoms with Crippen molar-refractivity contribution in [2.24, 2.45) is 0 Å². The van der Waals surface area contributed by atoms with Crippen molar-refractivity contribution in [2.75, 3.05) is 0 Å².